The number of hydrogen-bond acceptors (Lipinski definition) is 1. The summed E-state index contributed by atoms with van der Waals surface area (Å²) < 4.78 is 0. The molecule has 0 saturated heterocycles. The van der Waals surface area contributed by atoms with Crippen molar-refractivity contribution in [2.75, 3.05) is 0 Å². The van der Waals surface area contributed by atoms with Gasteiger partial charge < -0.3 is 0 Å². The molecule has 0 aliphatic heterocycles. The predicted molar refractivity (Wildman–Crippen MR) is 63.3 cm³/mol. The fourth-order valence-corrected chi connectivity index (χ4v) is 1.01. The Balaban J connectivity index is 2.77. The third-order valence-electron chi connectivity index (χ3n) is 1.70. The lowest BCUT2D eigenvalue weighted by atomic mass is 10.2. The summed E-state index contributed by atoms with van der Waals surface area (Å²) in [7, 11) is 0. The van der Waals surface area contributed by atoms with E-state index in [2.05, 4.69) is 18.2 Å². The summed E-state index contributed by atoms with van der Waals surface area (Å²) >= 11 is 0. The molecule has 0 bridgehead atoms. The second-order valence-corrected chi connectivity index (χ2v) is 2.68. The van der Waals surface area contributed by atoms with Crippen molar-refractivity contribution in [2.24, 2.45) is 4.99 Å². The monoisotopic (exact) mass is 183 g/mol. The Hall–Kier alpha value is -1.89. The van der Waals surface area contributed by atoms with Gasteiger partial charge in [0.2, 0.25) is 0 Å². The molecule has 0 heterocycles. The minimum Gasteiger partial charge on any atom is -0.258 e. The van der Waals surface area contributed by atoms with Gasteiger partial charge in [0.25, 0.3) is 0 Å². The second-order valence-electron chi connectivity index (χ2n) is 2.68. The van der Waals surface area contributed by atoms with E-state index in [0.717, 1.165) is 11.3 Å². The molecule has 14 heavy (non-hydrogen) atoms. The SMILES string of the molecule is C=CN=C(C=C)/C=C/c1ccccc1. The van der Waals surface area contributed by atoms with Crippen LogP contribution in [-0.2, 0) is 0 Å². The van der Waals surface area contributed by atoms with Gasteiger partial charge in [-0.25, -0.2) is 0 Å². The van der Waals surface area contributed by atoms with Crippen LogP contribution in [0.4, 0.5) is 0 Å². The van der Waals surface area contributed by atoms with Gasteiger partial charge in [-0.15, -0.1) is 0 Å². The summed E-state index contributed by atoms with van der Waals surface area (Å²) in [5, 5.41) is 0. The number of aliphatic imine (C=N–C) groups is 1. The predicted octanol–water partition coefficient (Wildman–Crippen LogP) is 3.47. The Morgan fingerprint density at radius 1 is 1.14 bits per heavy atom. The van der Waals surface area contributed by atoms with E-state index >= 15 is 0 Å². The zero-order valence-electron chi connectivity index (χ0n) is 8.06. The van der Waals surface area contributed by atoms with Gasteiger partial charge in [-0.05, 0) is 17.7 Å². The molecule has 1 rings (SSSR count). The maximum Gasteiger partial charge on any atom is 0.0623 e. The van der Waals surface area contributed by atoms with Crippen LogP contribution in [0.1, 0.15) is 5.56 Å². The lowest BCUT2D eigenvalue weighted by Crippen LogP contribution is -1.84. The zero-order valence-corrected chi connectivity index (χ0v) is 8.06. The largest absolute Gasteiger partial charge is 0.258 e. The molecule has 0 aromatic heterocycles. The van der Waals surface area contributed by atoms with Crippen LogP contribution in [-0.4, -0.2) is 5.71 Å². The van der Waals surface area contributed by atoms with Crippen LogP contribution < -0.4 is 0 Å². The first-order chi connectivity index (χ1) is 6.86. The Morgan fingerprint density at radius 3 is 2.43 bits per heavy atom. The van der Waals surface area contributed by atoms with E-state index in [-0.39, 0.29) is 0 Å². The molecule has 0 radical (unpaired) electrons. The number of hydrogen-bond donors (Lipinski definition) is 0. The molecule has 0 saturated carbocycles. The molecular weight excluding hydrogens is 170 g/mol. The normalized spacial score (nSPS) is 11.6. The van der Waals surface area contributed by atoms with Crippen LogP contribution in [0.3, 0.4) is 0 Å². The highest BCUT2D eigenvalue weighted by molar-refractivity contribution is 6.06. The fraction of sp³-hybridized carbons (Fsp3) is 0. The van der Waals surface area contributed by atoms with Crippen molar-refractivity contribution < 1.29 is 0 Å². The third kappa shape index (κ3) is 3.23. The molecule has 0 aliphatic rings. The Labute approximate surface area is 84.8 Å². The molecule has 0 spiro atoms. The van der Waals surface area contributed by atoms with E-state index < -0.39 is 0 Å². The van der Waals surface area contributed by atoms with Gasteiger partial charge in [0.1, 0.15) is 0 Å². The highest BCUT2D eigenvalue weighted by Gasteiger charge is 1.85. The van der Waals surface area contributed by atoms with Gasteiger partial charge in [0.15, 0.2) is 0 Å². The van der Waals surface area contributed by atoms with Crippen molar-refractivity contribution in [2.45, 2.75) is 0 Å². The quantitative estimate of drug-likeness (QED) is 0.634. The van der Waals surface area contributed by atoms with E-state index in [9.17, 15) is 0 Å². The van der Waals surface area contributed by atoms with Crippen LogP contribution in [0.2, 0.25) is 0 Å². The molecule has 1 aromatic rings. The molecule has 0 fully saturated rings. The number of benzene rings is 1. The van der Waals surface area contributed by atoms with E-state index in [4.69, 9.17) is 0 Å². The van der Waals surface area contributed by atoms with Gasteiger partial charge in [0.05, 0.1) is 5.71 Å². The van der Waals surface area contributed by atoms with Crippen molar-refractivity contribution in [1.29, 1.82) is 0 Å². The molecule has 1 aromatic carbocycles. The maximum absolute atomic E-state index is 4.03. The minimum absolute atomic E-state index is 0.809. The highest BCUT2D eigenvalue weighted by atomic mass is 14.7. The number of allylic oxidation sites excluding steroid dienone is 2. The van der Waals surface area contributed by atoms with Crippen molar-refractivity contribution >= 4 is 11.8 Å². The lowest BCUT2D eigenvalue weighted by Gasteiger charge is -1.91. The summed E-state index contributed by atoms with van der Waals surface area (Å²) in [6.45, 7) is 7.20. The summed E-state index contributed by atoms with van der Waals surface area (Å²) in [6.07, 6.45) is 7.10. The highest BCUT2D eigenvalue weighted by Crippen LogP contribution is 2.01. The minimum atomic E-state index is 0.809. The van der Waals surface area contributed by atoms with Gasteiger partial charge >= 0.3 is 0 Å². The molecule has 0 aliphatic carbocycles. The molecule has 70 valence electrons. The summed E-state index contributed by atoms with van der Waals surface area (Å²) in [5.74, 6) is 0. The van der Waals surface area contributed by atoms with E-state index in [1.165, 1.54) is 6.20 Å². The molecular formula is C13H13N. The van der Waals surface area contributed by atoms with Gasteiger partial charge in [-0.2, -0.15) is 0 Å². The summed E-state index contributed by atoms with van der Waals surface area (Å²) in [5.41, 5.74) is 1.95. The van der Waals surface area contributed by atoms with Crippen LogP contribution in [0.5, 0.6) is 0 Å². The molecule has 0 atom stereocenters. The number of rotatable bonds is 4. The first-order valence-electron chi connectivity index (χ1n) is 4.41. The van der Waals surface area contributed by atoms with Crippen molar-refractivity contribution in [1.82, 2.24) is 0 Å². The lowest BCUT2D eigenvalue weighted by molar-refractivity contribution is 1.59. The zero-order chi connectivity index (χ0) is 10.2. The van der Waals surface area contributed by atoms with Crippen LogP contribution in [0, 0.1) is 0 Å². The van der Waals surface area contributed by atoms with Crippen molar-refractivity contribution in [3.05, 3.63) is 67.4 Å². The van der Waals surface area contributed by atoms with Gasteiger partial charge in [-0.1, -0.05) is 49.6 Å². The molecule has 0 amide bonds. The van der Waals surface area contributed by atoms with Crippen LogP contribution >= 0.6 is 0 Å². The van der Waals surface area contributed by atoms with E-state index in [1.54, 1.807) is 6.08 Å². The van der Waals surface area contributed by atoms with Crippen LogP contribution in [0.25, 0.3) is 6.08 Å². The molecule has 1 heteroatoms. The number of nitrogens with zero attached hydrogens (tertiary/aromatic N) is 1. The molecule has 0 N–H and O–H groups in total. The fourth-order valence-electron chi connectivity index (χ4n) is 1.01. The Bertz CT molecular complexity index is 358. The second kappa shape index (κ2) is 5.70. The van der Waals surface area contributed by atoms with Crippen molar-refractivity contribution in [3.63, 3.8) is 0 Å². The van der Waals surface area contributed by atoms with Gasteiger partial charge in [0, 0.05) is 6.20 Å². The maximum atomic E-state index is 4.03. The average molecular weight is 183 g/mol. The molecule has 1 nitrogen and oxygen atoms in total. The smallest absolute Gasteiger partial charge is 0.0623 e. The standard InChI is InChI=1S/C13H13N/c1-3-13(14-4-2)11-10-12-8-6-5-7-9-12/h3-11H,1-2H2/b11-10+,14-13?. The molecule has 0 unspecified atom stereocenters. The topological polar surface area (TPSA) is 12.4 Å². The van der Waals surface area contributed by atoms with Crippen LogP contribution in [0.15, 0.2) is 66.8 Å². The Morgan fingerprint density at radius 2 is 1.86 bits per heavy atom. The van der Waals surface area contributed by atoms with Crippen molar-refractivity contribution in [3.8, 4) is 0 Å². The van der Waals surface area contributed by atoms with E-state index in [1.807, 2.05) is 42.5 Å². The average Bonchev–Trinajstić information content (AvgIpc) is 2.25. The summed E-state index contributed by atoms with van der Waals surface area (Å²) in [6, 6.07) is 10.1. The first kappa shape index (κ1) is 10.2. The first-order valence-corrected chi connectivity index (χ1v) is 4.41. The van der Waals surface area contributed by atoms with E-state index in [0.29, 0.717) is 0 Å². The summed E-state index contributed by atoms with van der Waals surface area (Å²) in [4.78, 5) is 4.03. The Kier molecular flexibility index (Phi) is 4.15. The third-order valence-corrected chi connectivity index (χ3v) is 1.70. The van der Waals surface area contributed by atoms with Gasteiger partial charge in [-0.3, -0.25) is 4.99 Å².